The molecule has 57 valence electrons. The number of nitrogens with zero attached hydrogens (tertiary/aromatic N) is 1. The standard InChI is InChI=1S/C7H7N2O2/c10-6-4-11-5-2-1-3-8-7(5)9-6/h1-2,5,7H,4H2,(H,9,10). The van der Waals surface area contributed by atoms with Gasteiger partial charge < -0.3 is 10.1 Å². The van der Waals surface area contributed by atoms with E-state index in [0.29, 0.717) is 0 Å². The monoisotopic (exact) mass is 151 g/mol. The molecule has 0 aromatic heterocycles. The molecular weight excluding hydrogens is 144 g/mol. The number of morpholine rings is 1. The third-order valence-electron chi connectivity index (χ3n) is 1.60. The Kier molecular flexibility index (Phi) is 1.47. The fraction of sp³-hybridized carbons (Fsp3) is 0.429. The van der Waals surface area contributed by atoms with Crippen LogP contribution in [0.15, 0.2) is 17.1 Å². The Labute approximate surface area is 63.9 Å². The highest BCUT2D eigenvalue weighted by molar-refractivity contribution is 5.80. The molecule has 0 aromatic carbocycles. The molecule has 0 aromatic rings. The predicted molar refractivity (Wildman–Crippen MR) is 38.2 cm³/mol. The molecule has 1 fully saturated rings. The first-order valence-electron chi connectivity index (χ1n) is 3.39. The van der Waals surface area contributed by atoms with Gasteiger partial charge in [0.1, 0.15) is 12.7 Å². The van der Waals surface area contributed by atoms with E-state index in [9.17, 15) is 4.79 Å². The van der Waals surface area contributed by atoms with Gasteiger partial charge in [-0.15, -0.1) is 0 Å². The van der Waals surface area contributed by atoms with Gasteiger partial charge in [-0.3, -0.25) is 9.79 Å². The number of carbonyl (C=O) groups excluding carboxylic acids is 1. The zero-order chi connectivity index (χ0) is 7.68. The van der Waals surface area contributed by atoms with Crippen molar-refractivity contribution in [3.8, 4) is 0 Å². The molecular formula is C7H7N2O2. The molecule has 1 N–H and O–H groups in total. The molecule has 4 heteroatoms. The number of nitrogens with one attached hydrogen (secondary N) is 1. The predicted octanol–water partition coefficient (Wildman–Crippen LogP) is -0.655. The van der Waals surface area contributed by atoms with E-state index < -0.39 is 0 Å². The Morgan fingerprint density at radius 3 is 3.64 bits per heavy atom. The van der Waals surface area contributed by atoms with Crippen LogP contribution in [-0.4, -0.2) is 31.0 Å². The highest BCUT2D eigenvalue weighted by Crippen LogP contribution is 2.10. The van der Waals surface area contributed by atoms with Gasteiger partial charge in [-0.25, -0.2) is 0 Å². The van der Waals surface area contributed by atoms with E-state index in [1.165, 1.54) is 0 Å². The quantitative estimate of drug-likeness (QED) is 0.500. The number of allylic oxidation sites excluding steroid dienone is 1. The summed E-state index contributed by atoms with van der Waals surface area (Å²) < 4.78 is 5.16. The molecule has 2 heterocycles. The second-order valence-corrected chi connectivity index (χ2v) is 2.41. The van der Waals surface area contributed by atoms with E-state index in [1.807, 2.05) is 6.08 Å². The van der Waals surface area contributed by atoms with Crippen LogP contribution in [0.5, 0.6) is 0 Å². The minimum atomic E-state index is -0.263. The van der Waals surface area contributed by atoms with Crippen LogP contribution in [0, 0.1) is 0 Å². The van der Waals surface area contributed by atoms with Gasteiger partial charge in [0.05, 0.1) is 6.21 Å². The first-order chi connectivity index (χ1) is 5.36. The van der Waals surface area contributed by atoms with Gasteiger partial charge in [-0.05, 0) is 12.2 Å². The van der Waals surface area contributed by atoms with Gasteiger partial charge in [0, 0.05) is 0 Å². The van der Waals surface area contributed by atoms with Gasteiger partial charge in [0.2, 0.25) is 5.91 Å². The molecule has 1 amide bonds. The van der Waals surface area contributed by atoms with Crippen LogP contribution in [0.4, 0.5) is 0 Å². The summed E-state index contributed by atoms with van der Waals surface area (Å²) in [6.45, 7) is 0.126. The van der Waals surface area contributed by atoms with Crippen molar-refractivity contribution in [1.82, 2.24) is 5.32 Å². The molecule has 0 aliphatic carbocycles. The molecule has 0 saturated carbocycles. The van der Waals surface area contributed by atoms with E-state index in [1.54, 1.807) is 6.08 Å². The summed E-state index contributed by atoms with van der Waals surface area (Å²) >= 11 is 0. The molecule has 0 bridgehead atoms. The molecule has 2 atom stereocenters. The summed E-state index contributed by atoms with van der Waals surface area (Å²) in [5, 5.41) is 2.67. The van der Waals surface area contributed by atoms with E-state index in [0.717, 1.165) is 0 Å². The lowest BCUT2D eigenvalue weighted by Gasteiger charge is -2.28. The van der Waals surface area contributed by atoms with Gasteiger partial charge >= 0.3 is 0 Å². The largest absolute Gasteiger partial charge is 0.360 e. The lowest BCUT2D eigenvalue weighted by atomic mass is 10.2. The average Bonchev–Trinajstić information content (AvgIpc) is 2.04. The zero-order valence-electron chi connectivity index (χ0n) is 5.78. The Balaban J connectivity index is 2.12. The molecule has 1 saturated heterocycles. The van der Waals surface area contributed by atoms with Crippen molar-refractivity contribution in [1.29, 1.82) is 0 Å². The smallest absolute Gasteiger partial charge is 0.247 e. The number of hydrogen-bond acceptors (Lipinski definition) is 3. The van der Waals surface area contributed by atoms with Crippen molar-refractivity contribution in [3.05, 3.63) is 12.2 Å². The number of carbonyl (C=O) groups is 1. The number of hydrogen-bond donors (Lipinski definition) is 1. The fourth-order valence-corrected chi connectivity index (χ4v) is 1.08. The second kappa shape index (κ2) is 2.47. The molecule has 2 aliphatic heterocycles. The summed E-state index contributed by atoms with van der Waals surface area (Å²) in [6, 6.07) is 0. The number of dihydropyridines is 1. The fourth-order valence-electron chi connectivity index (χ4n) is 1.08. The van der Waals surface area contributed by atoms with Crippen LogP contribution in [-0.2, 0) is 9.53 Å². The van der Waals surface area contributed by atoms with Crippen LogP contribution in [0.3, 0.4) is 0 Å². The Morgan fingerprint density at radius 2 is 2.73 bits per heavy atom. The highest BCUT2D eigenvalue weighted by Gasteiger charge is 2.27. The molecule has 2 aliphatic rings. The van der Waals surface area contributed by atoms with Crippen LogP contribution in [0.2, 0.25) is 0 Å². The first kappa shape index (κ1) is 6.54. The summed E-state index contributed by atoms with van der Waals surface area (Å²) in [4.78, 5) is 14.7. The number of aliphatic imine (C=N–C) groups is 1. The SMILES string of the molecule is O=C1COC2C=C[C]=NC2N1. The van der Waals surface area contributed by atoms with E-state index in [-0.39, 0.29) is 24.8 Å². The van der Waals surface area contributed by atoms with Crippen molar-refractivity contribution in [2.24, 2.45) is 4.99 Å². The molecule has 11 heavy (non-hydrogen) atoms. The summed E-state index contributed by atoms with van der Waals surface area (Å²) in [5.41, 5.74) is 0. The lowest BCUT2D eigenvalue weighted by Crippen LogP contribution is -2.50. The topological polar surface area (TPSA) is 50.7 Å². The third-order valence-corrected chi connectivity index (χ3v) is 1.60. The normalized spacial score (nSPS) is 34.7. The molecule has 0 spiro atoms. The molecule has 2 rings (SSSR count). The van der Waals surface area contributed by atoms with Crippen molar-refractivity contribution in [3.63, 3.8) is 0 Å². The Hall–Kier alpha value is -1.16. The van der Waals surface area contributed by atoms with E-state index >= 15 is 0 Å². The maximum atomic E-state index is 10.8. The van der Waals surface area contributed by atoms with Gasteiger partial charge in [0.15, 0.2) is 6.17 Å². The van der Waals surface area contributed by atoms with E-state index in [2.05, 4.69) is 16.5 Å². The Bertz CT molecular complexity index is 235. The van der Waals surface area contributed by atoms with Crippen molar-refractivity contribution >= 4 is 12.1 Å². The van der Waals surface area contributed by atoms with Gasteiger partial charge in [-0.1, -0.05) is 0 Å². The maximum Gasteiger partial charge on any atom is 0.247 e. The summed E-state index contributed by atoms with van der Waals surface area (Å²) in [5.74, 6) is -0.118. The van der Waals surface area contributed by atoms with Gasteiger partial charge in [-0.2, -0.15) is 0 Å². The van der Waals surface area contributed by atoms with Crippen LogP contribution in [0.25, 0.3) is 0 Å². The minimum Gasteiger partial charge on any atom is -0.360 e. The number of fused-ring (bicyclic) bond motifs is 1. The maximum absolute atomic E-state index is 10.8. The lowest BCUT2D eigenvalue weighted by molar-refractivity contribution is -0.134. The molecule has 2 unspecified atom stereocenters. The minimum absolute atomic E-state index is 0.103. The van der Waals surface area contributed by atoms with E-state index in [4.69, 9.17) is 4.74 Å². The van der Waals surface area contributed by atoms with Crippen LogP contribution in [0.1, 0.15) is 0 Å². The second-order valence-electron chi connectivity index (χ2n) is 2.41. The summed E-state index contributed by atoms with van der Waals surface area (Å²) in [7, 11) is 0. The zero-order valence-corrected chi connectivity index (χ0v) is 5.78. The highest BCUT2D eigenvalue weighted by atomic mass is 16.5. The third kappa shape index (κ3) is 1.17. The molecule has 4 nitrogen and oxygen atoms in total. The number of amides is 1. The average molecular weight is 151 g/mol. The van der Waals surface area contributed by atoms with Gasteiger partial charge in [0.25, 0.3) is 0 Å². The molecule has 1 radical (unpaired) electrons. The Morgan fingerprint density at radius 1 is 1.82 bits per heavy atom. The van der Waals surface area contributed by atoms with Crippen molar-refractivity contribution in [2.75, 3.05) is 6.61 Å². The first-order valence-corrected chi connectivity index (χ1v) is 3.39. The summed E-state index contributed by atoms with van der Waals surface area (Å²) in [6.07, 6.45) is 5.81. The van der Waals surface area contributed by atoms with Crippen LogP contribution < -0.4 is 5.32 Å². The van der Waals surface area contributed by atoms with Crippen LogP contribution >= 0.6 is 0 Å². The van der Waals surface area contributed by atoms with Crippen molar-refractivity contribution < 1.29 is 9.53 Å². The van der Waals surface area contributed by atoms with Crippen molar-refractivity contribution in [2.45, 2.75) is 12.3 Å². The number of rotatable bonds is 0. The number of ether oxygens (including phenoxy) is 1.